The van der Waals surface area contributed by atoms with Gasteiger partial charge >= 0.3 is 0 Å². The van der Waals surface area contributed by atoms with Gasteiger partial charge in [0.2, 0.25) is 23.6 Å². The first-order valence-electron chi connectivity index (χ1n) is 14.4. The second kappa shape index (κ2) is 9.98. The molecule has 2 aliphatic carbocycles. The maximum absolute atomic E-state index is 14.1. The van der Waals surface area contributed by atoms with Gasteiger partial charge in [0.1, 0.15) is 0 Å². The average Bonchev–Trinajstić information content (AvgIpc) is 3.42. The van der Waals surface area contributed by atoms with Crippen LogP contribution in [0.4, 0.5) is 11.4 Å². The number of fused-ring (bicyclic) bond motifs is 4. The van der Waals surface area contributed by atoms with E-state index < -0.39 is 35.5 Å². The third kappa shape index (κ3) is 3.74. The van der Waals surface area contributed by atoms with Crippen LogP contribution in [0.1, 0.15) is 31.2 Å². The SMILES string of the molecule is CCOc1cccc([C@H]2C3=CC[C@@H]4C(=O)N(c5ccccc5)C(=O)[C@@H]4[C@@H]3C[C@H]3C(=O)N(c4ccccc4)C(=O)[C@@H]23)c1O. The standard InChI is InChI=1S/C34H30N2O6/c1-2-42-26-15-9-14-22(30(26)37)27-21-16-17-23-28(33(40)35(31(23)38)19-10-5-3-6-11-19)24(21)18-25-29(27)34(41)36(32(25)39)20-12-7-4-8-13-20/h3-16,23-25,27-29,37H,2,17-18H2,1H3/t23-,24+,25+,27+,28-,29+/m0/s1. The molecule has 2 heterocycles. The van der Waals surface area contributed by atoms with Gasteiger partial charge in [-0.2, -0.15) is 0 Å². The lowest BCUT2D eigenvalue weighted by Crippen LogP contribution is -2.43. The van der Waals surface area contributed by atoms with Crippen LogP contribution in [-0.2, 0) is 19.2 Å². The van der Waals surface area contributed by atoms with E-state index in [1.165, 1.54) is 9.80 Å². The number of phenols is 1. The van der Waals surface area contributed by atoms with Crippen LogP contribution >= 0.6 is 0 Å². The third-order valence-corrected chi connectivity index (χ3v) is 9.34. The Hall–Kier alpha value is -4.72. The van der Waals surface area contributed by atoms with Crippen LogP contribution in [-0.4, -0.2) is 35.3 Å². The maximum atomic E-state index is 14.1. The molecule has 1 saturated carbocycles. The predicted molar refractivity (Wildman–Crippen MR) is 155 cm³/mol. The van der Waals surface area contributed by atoms with E-state index in [2.05, 4.69) is 0 Å². The van der Waals surface area contributed by atoms with Crippen LogP contribution in [0.15, 0.2) is 90.5 Å². The molecule has 3 fully saturated rings. The van der Waals surface area contributed by atoms with Gasteiger partial charge in [-0.05, 0) is 56.0 Å². The Morgan fingerprint density at radius 1 is 0.714 bits per heavy atom. The zero-order chi connectivity index (χ0) is 29.1. The van der Waals surface area contributed by atoms with Crippen molar-refractivity contribution in [3.05, 3.63) is 96.1 Å². The van der Waals surface area contributed by atoms with E-state index in [0.29, 0.717) is 35.7 Å². The number of allylic oxidation sites excluding steroid dienone is 2. The fourth-order valence-corrected chi connectivity index (χ4v) is 7.66. The summed E-state index contributed by atoms with van der Waals surface area (Å²) in [7, 11) is 0. The van der Waals surface area contributed by atoms with Crippen molar-refractivity contribution < 1.29 is 29.0 Å². The normalized spacial score (nSPS) is 28.4. The molecular weight excluding hydrogens is 532 g/mol. The number of hydrogen-bond donors (Lipinski definition) is 1. The minimum Gasteiger partial charge on any atom is -0.504 e. The lowest BCUT2D eigenvalue weighted by atomic mass is 9.57. The van der Waals surface area contributed by atoms with Crippen molar-refractivity contribution in [2.24, 2.45) is 29.6 Å². The maximum Gasteiger partial charge on any atom is 0.238 e. The molecule has 0 radical (unpaired) electrons. The summed E-state index contributed by atoms with van der Waals surface area (Å²) in [4.78, 5) is 58.3. The van der Waals surface area contributed by atoms with Crippen molar-refractivity contribution in [1.82, 2.24) is 0 Å². The number of hydrogen-bond acceptors (Lipinski definition) is 6. The molecule has 7 rings (SSSR count). The molecular formula is C34H30N2O6. The number of benzene rings is 3. The summed E-state index contributed by atoms with van der Waals surface area (Å²) in [5.74, 6) is -4.76. The molecule has 2 saturated heterocycles. The highest BCUT2D eigenvalue weighted by molar-refractivity contribution is 6.24. The van der Waals surface area contributed by atoms with Crippen LogP contribution in [0.2, 0.25) is 0 Å². The fraction of sp³-hybridized carbons (Fsp3) is 0.294. The highest BCUT2D eigenvalue weighted by atomic mass is 16.5. The highest BCUT2D eigenvalue weighted by Gasteiger charge is 2.62. The highest BCUT2D eigenvalue weighted by Crippen LogP contribution is 2.59. The van der Waals surface area contributed by atoms with Crippen molar-refractivity contribution in [3.8, 4) is 11.5 Å². The molecule has 212 valence electrons. The quantitative estimate of drug-likeness (QED) is 0.353. The Balaban J connectivity index is 1.36. The van der Waals surface area contributed by atoms with Gasteiger partial charge in [0, 0.05) is 11.5 Å². The van der Waals surface area contributed by atoms with E-state index in [9.17, 15) is 24.3 Å². The number of phenolic OH excluding ortho intramolecular Hbond substituents is 1. The van der Waals surface area contributed by atoms with Crippen molar-refractivity contribution in [2.75, 3.05) is 16.4 Å². The number of ether oxygens (including phenoxy) is 1. The minimum absolute atomic E-state index is 0.0788. The Morgan fingerprint density at radius 3 is 1.93 bits per heavy atom. The molecule has 2 aliphatic heterocycles. The molecule has 0 unspecified atom stereocenters. The summed E-state index contributed by atoms with van der Waals surface area (Å²) in [6.07, 6.45) is 2.59. The summed E-state index contributed by atoms with van der Waals surface area (Å²) >= 11 is 0. The summed E-state index contributed by atoms with van der Waals surface area (Å²) in [5, 5.41) is 11.4. The summed E-state index contributed by atoms with van der Waals surface area (Å²) in [6.45, 7) is 2.16. The number of rotatable bonds is 5. The number of nitrogens with zero attached hydrogens (tertiary/aromatic N) is 2. The van der Waals surface area contributed by atoms with E-state index >= 15 is 0 Å². The molecule has 0 bridgehead atoms. The third-order valence-electron chi connectivity index (χ3n) is 9.34. The van der Waals surface area contributed by atoms with E-state index in [-0.39, 0.29) is 35.8 Å². The molecule has 0 spiro atoms. The number of para-hydroxylation sites is 3. The van der Waals surface area contributed by atoms with Gasteiger partial charge in [0.25, 0.3) is 0 Å². The monoisotopic (exact) mass is 562 g/mol. The topological polar surface area (TPSA) is 104 Å². The Morgan fingerprint density at radius 2 is 1.31 bits per heavy atom. The Labute approximate surface area is 243 Å². The van der Waals surface area contributed by atoms with Crippen LogP contribution < -0.4 is 14.5 Å². The van der Waals surface area contributed by atoms with E-state index in [4.69, 9.17) is 4.74 Å². The molecule has 3 aromatic carbocycles. The second-order valence-corrected chi connectivity index (χ2v) is 11.3. The largest absolute Gasteiger partial charge is 0.504 e. The predicted octanol–water partition coefficient (Wildman–Crippen LogP) is 4.84. The number of imide groups is 2. The minimum atomic E-state index is -0.767. The molecule has 4 amide bonds. The molecule has 6 atom stereocenters. The van der Waals surface area contributed by atoms with E-state index in [1.807, 2.05) is 25.1 Å². The number of carbonyl (C=O) groups excluding carboxylic acids is 4. The van der Waals surface area contributed by atoms with Gasteiger partial charge < -0.3 is 9.84 Å². The van der Waals surface area contributed by atoms with Gasteiger partial charge in [0.15, 0.2) is 11.5 Å². The van der Waals surface area contributed by atoms with Gasteiger partial charge in [-0.3, -0.25) is 29.0 Å². The number of carbonyl (C=O) groups is 4. The van der Waals surface area contributed by atoms with Gasteiger partial charge in [-0.25, -0.2) is 0 Å². The Bertz CT molecular complexity index is 1630. The van der Waals surface area contributed by atoms with Gasteiger partial charge in [0.05, 0.1) is 41.7 Å². The molecule has 0 aromatic heterocycles. The van der Waals surface area contributed by atoms with Gasteiger partial charge in [-0.1, -0.05) is 60.2 Å². The lowest BCUT2D eigenvalue weighted by molar-refractivity contribution is -0.126. The van der Waals surface area contributed by atoms with Crippen LogP contribution in [0, 0.1) is 29.6 Å². The molecule has 42 heavy (non-hydrogen) atoms. The summed E-state index contributed by atoms with van der Waals surface area (Å²) in [6, 6.07) is 22.9. The first-order valence-corrected chi connectivity index (χ1v) is 14.4. The van der Waals surface area contributed by atoms with Crippen LogP contribution in [0.5, 0.6) is 11.5 Å². The van der Waals surface area contributed by atoms with Crippen LogP contribution in [0.3, 0.4) is 0 Å². The van der Waals surface area contributed by atoms with Crippen molar-refractivity contribution in [2.45, 2.75) is 25.7 Å². The van der Waals surface area contributed by atoms with E-state index in [0.717, 1.165) is 5.57 Å². The van der Waals surface area contributed by atoms with Crippen molar-refractivity contribution in [3.63, 3.8) is 0 Å². The Kier molecular flexibility index (Phi) is 6.22. The number of aromatic hydroxyl groups is 1. The molecule has 4 aliphatic rings. The van der Waals surface area contributed by atoms with E-state index in [1.54, 1.807) is 66.7 Å². The van der Waals surface area contributed by atoms with Gasteiger partial charge in [-0.15, -0.1) is 0 Å². The fourth-order valence-electron chi connectivity index (χ4n) is 7.66. The first-order chi connectivity index (χ1) is 20.4. The zero-order valence-corrected chi connectivity index (χ0v) is 23.1. The molecule has 8 nitrogen and oxygen atoms in total. The number of amides is 4. The molecule has 1 N–H and O–H groups in total. The lowest BCUT2D eigenvalue weighted by Gasteiger charge is -2.44. The van der Waals surface area contributed by atoms with Crippen LogP contribution in [0.25, 0.3) is 0 Å². The number of anilines is 2. The average molecular weight is 563 g/mol. The summed E-state index contributed by atoms with van der Waals surface area (Å²) < 4.78 is 5.68. The second-order valence-electron chi connectivity index (χ2n) is 11.3. The smallest absolute Gasteiger partial charge is 0.238 e. The first kappa shape index (κ1) is 26.2. The van der Waals surface area contributed by atoms with Crippen molar-refractivity contribution >= 4 is 35.0 Å². The molecule has 8 heteroatoms. The molecule has 3 aromatic rings. The zero-order valence-electron chi connectivity index (χ0n) is 23.1. The summed E-state index contributed by atoms with van der Waals surface area (Å²) in [5.41, 5.74) is 2.33. The van der Waals surface area contributed by atoms with Crippen molar-refractivity contribution in [1.29, 1.82) is 0 Å².